The summed E-state index contributed by atoms with van der Waals surface area (Å²) in [5.41, 5.74) is 0.416. The molecule has 0 aliphatic carbocycles. The molecule has 1 aromatic carbocycles. The first-order valence-corrected chi connectivity index (χ1v) is 8.86. The van der Waals surface area contributed by atoms with Crippen LogP contribution in [0.1, 0.15) is 18.4 Å². The van der Waals surface area contributed by atoms with Crippen molar-refractivity contribution in [1.82, 2.24) is 9.62 Å². The second kappa shape index (κ2) is 7.07. The molecule has 21 heavy (non-hydrogen) atoms. The molecule has 0 bridgehead atoms. The number of nitrogens with zero attached hydrogens (tertiary/aromatic N) is 1. The van der Waals surface area contributed by atoms with E-state index < -0.39 is 10.0 Å². The van der Waals surface area contributed by atoms with Gasteiger partial charge in [0.25, 0.3) is 0 Å². The monoisotopic (exact) mass is 332 g/mol. The third-order valence-electron chi connectivity index (χ3n) is 3.90. The molecule has 0 radical (unpaired) electrons. The molecule has 118 valence electrons. The van der Waals surface area contributed by atoms with Crippen LogP contribution < -0.4 is 4.72 Å². The van der Waals surface area contributed by atoms with E-state index in [4.69, 9.17) is 16.7 Å². The summed E-state index contributed by atoms with van der Waals surface area (Å²) >= 11 is 5.88. The van der Waals surface area contributed by atoms with E-state index in [0.29, 0.717) is 23.0 Å². The third kappa shape index (κ3) is 4.40. The molecule has 1 aromatic rings. The third-order valence-corrected chi connectivity index (χ3v) is 5.69. The molecule has 0 unspecified atom stereocenters. The molecule has 0 aromatic heterocycles. The number of halogens is 1. The van der Waals surface area contributed by atoms with Gasteiger partial charge in [0.15, 0.2) is 0 Å². The molecular weight excluding hydrogens is 312 g/mol. The van der Waals surface area contributed by atoms with Crippen molar-refractivity contribution < 1.29 is 13.5 Å². The molecule has 1 aliphatic rings. The summed E-state index contributed by atoms with van der Waals surface area (Å²) in [6.07, 6.45) is 2.00. The largest absolute Gasteiger partial charge is 0.392 e. The maximum atomic E-state index is 12.3. The van der Waals surface area contributed by atoms with Crippen LogP contribution in [0, 0.1) is 5.92 Å². The SMILES string of the molecule is CN1CCC(CNS(=O)(=O)c2ccc(Cl)c(CO)c2)CC1. The highest BCUT2D eigenvalue weighted by atomic mass is 35.5. The Balaban J connectivity index is 2.01. The minimum absolute atomic E-state index is 0.142. The zero-order chi connectivity index (χ0) is 15.5. The van der Waals surface area contributed by atoms with Gasteiger partial charge in [0.2, 0.25) is 10.0 Å². The van der Waals surface area contributed by atoms with Crippen molar-refractivity contribution in [2.24, 2.45) is 5.92 Å². The van der Waals surface area contributed by atoms with E-state index in [9.17, 15) is 8.42 Å². The predicted molar refractivity (Wildman–Crippen MR) is 82.8 cm³/mol. The number of hydrogen-bond acceptors (Lipinski definition) is 4. The van der Waals surface area contributed by atoms with E-state index >= 15 is 0 Å². The normalized spacial score (nSPS) is 18.0. The Morgan fingerprint density at radius 3 is 2.67 bits per heavy atom. The van der Waals surface area contributed by atoms with E-state index in [1.165, 1.54) is 18.2 Å². The van der Waals surface area contributed by atoms with Gasteiger partial charge in [-0.2, -0.15) is 0 Å². The Morgan fingerprint density at radius 1 is 1.38 bits per heavy atom. The molecule has 0 spiro atoms. The van der Waals surface area contributed by atoms with E-state index in [-0.39, 0.29) is 11.5 Å². The van der Waals surface area contributed by atoms with Gasteiger partial charge in [-0.15, -0.1) is 0 Å². The van der Waals surface area contributed by atoms with Crippen LogP contribution in [-0.4, -0.2) is 45.1 Å². The fraction of sp³-hybridized carbons (Fsp3) is 0.571. The molecule has 2 N–H and O–H groups in total. The molecule has 1 saturated heterocycles. The topological polar surface area (TPSA) is 69.6 Å². The molecule has 7 heteroatoms. The van der Waals surface area contributed by atoms with E-state index in [2.05, 4.69) is 16.7 Å². The molecule has 1 heterocycles. The maximum Gasteiger partial charge on any atom is 0.240 e. The molecule has 5 nitrogen and oxygen atoms in total. The second-order valence-electron chi connectivity index (χ2n) is 5.51. The zero-order valence-corrected chi connectivity index (χ0v) is 13.6. The van der Waals surface area contributed by atoms with Crippen LogP contribution in [0.3, 0.4) is 0 Å². The van der Waals surface area contributed by atoms with Crippen molar-refractivity contribution >= 4 is 21.6 Å². The molecule has 0 amide bonds. The summed E-state index contributed by atoms with van der Waals surface area (Å²) in [6, 6.07) is 4.37. The number of aliphatic hydroxyl groups is 1. The Hall–Kier alpha value is -0.660. The van der Waals surface area contributed by atoms with Gasteiger partial charge >= 0.3 is 0 Å². The summed E-state index contributed by atoms with van der Waals surface area (Å²) in [7, 11) is -1.48. The quantitative estimate of drug-likeness (QED) is 0.856. The van der Waals surface area contributed by atoms with Gasteiger partial charge in [0, 0.05) is 11.6 Å². The number of nitrogens with one attached hydrogen (secondary N) is 1. The average molecular weight is 333 g/mol. The summed E-state index contributed by atoms with van der Waals surface area (Å²) in [5, 5.41) is 9.53. The highest BCUT2D eigenvalue weighted by Crippen LogP contribution is 2.21. The minimum atomic E-state index is -3.56. The van der Waals surface area contributed by atoms with Gasteiger partial charge in [-0.05, 0) is 62.7 Å². The van der Waals surface area contributed by atoms with Crippen molar-refractivity contribution in [3.63, 3.8) is 0 Å². The number of likely N-dealkylation sites (tertiary alicyclic amines) is 1. The number of hydrogen-bond donors (Lipinski definition) is 2. The Bertz CT molecular complexity index is 584. The average Bonchev–Trinajstić information content (AvgIpc) is 2.47. The van der Waals surface area contributed by atoms with Gasteiger partial charge < -0.3 is 10.0 Å². The second-order valence-corrected chi connectivity index (χ2v) is 7.68. The fourth-order valence-corrected chi connectivity index (χ4v) is 3.76. The lowest BCUT2D eigenvalue weighted by Gasteiger charge is -2.28. The van der Waals surface area contributed by atoms with Gasteiger partial charge in [-0.3, -0.25) is 0 Å². The summed E-state index contributed by atoms with van der Waals surface area (Å²) in [6.45, 7) is 2.18. The van der Waals surface area contributed by atoms with Crippen LogP contribution in [-0.2, 0) is 16.6 Å². The van der Waals surface area contributed by atoms with Crippen LogP contribution in [0.4, 0.5) is 0 Å². The number of aliphatic hydroxyl groups excluding tert-OH is 1. The number of benzene rings is 1. The molecular formula is C14H21ClN2O3S. The summed E-state index contributed by atoms with van der Waals surface area (Å²) in [5.74, 6) is 0.376. The van der Waals surface area contributed by atoms with Gasteiger partial charge in [-0.1, -0.05) is 11.6 Å². The predicted octanol–water partition coefficient (Wildman–Crippen LogP) is 1.45. The summed E-state index contributed by atoms with van der Waals surface area (Å²) < 4.78 is 27.2. The van der Waals surface area contributed by atoms with E-state index in [1.807, 2.05) is 0 Å². The standard InChI is InChI=1S/C14H21ClN2O3S/c1-17-6-4-11(5-7-17)9-16-21(19,20)13-2-3-14(15)12(8-13)10-18/h2-3,8,11,16,18H,4-7,9-10H2,1H3. The summed E-state index contributed by atoms with van der Waals surface area (Å²) in [4.78, 5) is 2.39. The Morgan fingerprint density at radius 2 is 2.05 bits per heavy atom. The van der Waals surface area contributed by atoms with Crippen LogP contribution in [0.25, 0.3) is 0 Å². The Kier molecular flexibility index (Phi) is 5.62. The minimum Gasteiger partial charge on any atom is -0.392 e. The number of piperidine rings is 1. The molecule has 1 aliphatic heterocycles. The fourth-order valence-electron chi connectivity index (χ4n) is 2.42. The highest BCUT2D eigenvalue weighted by Gasteiger charge is 2.21. The van der Waals surface area contributed by atoms with Crippen LogP contribution in [0.15, 0.2) is 23.1 Å². The van der Waals surface area contributed by atoms with Crippen molar-refractivity contribution in [2.45, 2.75) is 24.3 Å². The molecule has 0 atom stereocenters. The first kappa shape index (κ1) is 16.7. The van der Waals surface area contributed by atoms with Crippen LogP contribution in [0.2, 0.25) is 5.02 Å². The zero-order valence-electron chi connectivity index (χ0n) is 12.0. The lowest BCUT2D eigenvalue weighted by Crippen LogP contribution is -2.36. The smallest absolute Gasteiger partial charge is 0.240 e. The van der Waals surface area contributed by atoms with Gasteiger partial charge in [0.05, 0.1) is 11.5 Å². The van der Waals surface area contributed by atoms with Gasteiger partial charge in [-0.25, -0.2) is 13.1 Å². The number of rotatable bonds is 5. The maximum absolute atomic E-state index is 12.3. The van der Waals surface area contributed by atoms with Crippen molar-refractivity contribution in [2.75, 3.05) is 26.7 Å². The van der Waals surface area contributed by atoms with Crippen LogP contribution in [0.5, 0.6) is 0 Å². The first-order valence-electron chi connectivity index (χ1n) is 7.00. The van der Waals surface area contributed by atoms with Crippen LogP contribution >= 0.6 is 11.6 Å². The highest BCUT2D eigenvalue weighted by molar-refractivity contribution is 7.89. The van der Waals surface area contributed by atoms with Crippen molar-refractivity contribution in [3.05, 3.63) is 28.8 Å². The van der Waals surface area contributed by atoms with E-state index in [0.717, 1.165) is 25.9 Å². The Labute approximate surface area is 131 Å². The number of sulfonamides is 1. The van der Waals surface area contributed by atoms with E-state index in [1.54, 1.807) is 0 Å². The lowest BCUT2D eigenvalue weighted by molar-refractivity contribution is 0.220. The molecule has 0 saturated carbocycles. The molecule has 2 rings (SSSR count). The lowest BCUT2D eigenvalue weighted by atomic mass is 9.98. The van der Waals surface area contributed by atoms with Gasteiger partial charge in [0.1, 0.15) is 0 Å². The first-order chi connectivity index (χ1) is 9.92. The molecule has 1 fully saturated rings. The van der Waals surface area contributed by atoms with Crippen molar-refractivity contribution in [3.8, 4) is 0 Å². The van der Waals surface area contributed by atoms with Crippen molar-refractivity contribution in [1.29, 1.82) is 0 Å².